The van der Waals surface area contributed by atoms with Crippen LogP contribution in [0.1, 0.15) is 15.9 Å². The van der Waals surface area contributed by atoms with Crippen LogP contribution < -0.4 is 5.73 Å². The molecule has 0 radical (unpaired) electrons. The van der Waals surface area contributed by atoms with Gasteiger partial charge in [0, 0.05) is 16.5 Å². The third-order valence-corrected chi connectivity index (χ3v) is 3.14. The summed E-state index contributed by atoms with van der Waals surface area (Å²) in [6, 6.07) is 11.5. The average molecular weight is 254 g/mol. The van der Waals surface area contributed by atoms with Crippen LogP contribution in [0.15, 0.2) is 41.4 Å². The minimum Gasteiger partial charge on any atom is -0.392 e. The molecule has 2 aromatic carbocycles. The molecule has 3 rings (SSSR count). The second-order valence-electron chi connectivity index (χ2n) is 4.17. The highest BCUT2D eigenvalue weighted by Gasteiger charge is 2.28. The van der Waals surface area contributed by atoms with Gasteiger partial charge in [-0.3, -0.25) is 9.79 Å². The van der Waals surface area contributed by atoms with Gasteiger partial charge in [-0.2, -0.15) is 0 Å². The van der Waals surface area contributed by atoms with Crippen LogP contribution >= 0.6 is 12.2 Å². The van der Waals surface area contributed by atoms with E-state index in [1.165, 1.54) is 0 Å². The molecule has 0 unspecified atom stereocenters. The first-order chi connectivity index (χ1) is 8.68. The summed E-state index contributed by atoms with van der Waals surface area (Å²) in [5, 5.41) is 2.03. The number of hydrogen-bond donors (Lipinski definition) is 1. The van der Waals surface area contributed by atoms with Gasteiger partial charge in [0.05, 0.1) is 11.5 Å². The maximum Gasteiger partial charge on any atom is 0.212 e. The van der Waals surface area contributed by atoms with Gasteiger partial charge in [0.2, 0.25) is 5.78 Å². The lowest BCUT2D eigenvalue weighted by atomic mass is 10.1. The molecule has 0 amide bonds. The minimum absolute atomic E-state index is 0.0435. The van der Waals surface area contributed by atoms with Gasteiger partial charge in [-0.05, 0) is 5.39 Å². The highest BCUT2D eigenvalue weighted by Crippen LogP contribution is 2.30. The van der Waals surface area contributed by atoms with E-state index in [1.807, 2.05) is 36.4 Å². The summed E-state index contributed by atoms with van der Waals surface area (Å²) in [7, 11) is 0. The molecule has 0 saturated heterocycles. The molecule has 88 valence electrons. The molecular formula is C14H10N2OS. The molecule has 0 aliphatic heterocycles. The first-order valence-electron chi connectivity index (χ1n) is 5.58. The van der Waals surface area contributed by atoms with Crippen molar-refractivity contribution in [1.29, 1.82) is 0 Å². The van der Waals surface area contributed by atoms with Crippen LogP contribution in [-0.4, -0.2) is 23.0 Å². The van der Waals surface area contributed by atoms with Crippen molar-refractivity contribution in [2.45, 2.75) is 0 Å². The number of nitrogens with zero attached hydrogens (tertiary/aromatic N) is 1. The van der Waals surface area contributed by atoms with E-state index >= 15 is 0 Å². The van der Waals surface area contributed by atoms with Crippen molar-refractivity contribution in [3.8, 4) is 0 Å². The average Bonchev–Trinajstić information content (AvgIpc) is 2.63. The number of Topliss-reactive ketones (excluding diaryl/α,β-unsaturated/α-hetero) is 1. The lowest BCUT2D eigenvalue weighted by Crippen LogP contribution is -2.16. The van der Waals surface area contributed by atoms with Crippen LogP contribution in [0.5, 0.6) is 0 Å². The van der Waals surface area contributed by atoms with Gasteiger partial charge >= 0.3 is 0 Å². The molecular weight excluding hydrogens is 244 g/mol. The second kappa shape index (κ2) is 3.99. The number of rotatable bonds is 2. The number of hydrogen-bond acceptors (Lipinski definition) is 3. The van der Waals surface area contributed by atoms with E-state index in [0.717, 1.165) is 16.3 Å². The molecule has 0 fully saturated rings. The molecule has 0 aromatic heterocycles. The predicted molar refractivity (Wildman–Crippen MR) is 76.5 cm³/mol. The van der Waals surface area contributed by atoms with Crippen LogP contribution in [0.25, 0.3) is 10.8 Å². The van der Waals surface area contributed by atoms with E-state index in [2.05, 4.69) is 4.99 Å². The van der Waals surface area contributed by atoms with Crippen LogP contribution in [0.2, 0.25) is 0 Å². The number of benzene rings is 2. The Hall–Kier alpha value is -2.07. The fraction of sp³-hybridized carbons (Fsp3) is 0.0714. The number of nitrogens with two attached hydrogens (primary N) is 1. The normalized spacial score (nSPS) is 15.6. The smallest absolute Gasteiger partial charge is 0.212 e. The molecule has 3 nitrogen and oxygen atoms in total. The molecule has 2 aromatic rings. The van der Waals surface area contributed by atoms with Crippen molar-refractivity contribution in [3.63, 3.8) is 0 Å². The molecule has 18 heavy (non-hydrogen) atoms. The van der Waals surface area contributed by atoms with E-state index in [9.17, 15) is 4.79 Å². The van der Waals surface area contributed by atoms with Crippen molar-refractivity contribution in [2.24, 2.45) is 10.7 Å². The minimum atomic E-state index is -0.0435. The van der Waals surface area contributed by atoms with Gasteiger partial charge in [-0.1, -0.05) is 48.6 Å². The summed E-state index contributed by atoms with van der Waals surface area (Å²) < 4.78 is 0. The highest BCUT2D eigenvalue weighted by atomic mass is 32.1. The SMILES string of the molecule is NC(=S)CN=C1C(=O)c2cccc3cccc1c23. The first kappa shape index (κ1) is 11.0. The third kappa shape index (κ3) is 1.54. The molecule has 0 saturated carbocycles. The van der Waals surface area contributed by atoms with Gasteiger partial charge < -0.3 is 5.73 Å². The second-order valence-corrected chi connectivity index (χ2v) is 4.69. The summed E-state index contributed by atoms with van der Waals surface area (Å²) in [6.07, 6.45) is 0. The largest absolute Gasteiger partial charge is 0.392 e. The summed E-state index contributed by atoms with van der Waals surface area (Å²) >= 11 is 4.80. The zero-order valence-corrected chi connectivity index (χ0v) is 10.3. The van der Waals surface area contributed by atoms with Crippen molar-refractivity contribution >= 4 is 39.5 Å². The van der Waals surface area contributed by atoms with Crippen molar-refractivity contribution in [2.75, 3.05) is 6.54 Å². The maximum atomic E-state index is 12.3. The summed E-state index contributed by atoms with van der Waals surface area (Å²) in [5.74, 6) is -0.0435. The predicted octanol–water partition coefficient (Wildman–Crippen LogP) is 2.11. The monoisotopic (exact) mass is 254 g/mol. The van der Waals surface area contributed by atoms with E-state index in [-0.39, 0.29) is 12.3 Å². The maximum absolute atomic E-state index is 12.3. The number of ketones is 1. The summed E-state index contributed by atoms with van der Waals surface area (Å²) in [6.45, 7) is 0.209. The Morgan fingerprint density at radius 1 is 1.17 bits per heavy atom. The van der Waals surface area contributed by atoms with Gasteiger partial charge in [0.15, 0.2) is 0 Å². The third-order valence-electron chi connectivity index (χ3n) is 3.01. The Morgan fingerprint density at radius 2 is 1.83 bits per heavy atom. The Kier molecular flexibility index (Phi) is 2.45. The summed E-state index contributed by atoms with van der Waals surface area (Å²) in [5.41, 5.74) is 7.49. The van der Waals surface area contributed by atoms with Crippen LogP contribution in [0, 0.1) is 0 Å². The van der Waals surface area contributed by atoms with Crippen LogP contribution in [-0.2, 0) is 0 Å². The van der Waals surface area contributed by atoms with Crippen LogP contribution in [0.3, 0.4) is 0 Å². The van der Waals surface area contributed by atoms with Crippen molar-refractivity contribution in [1.82, 2.24) is 0 Å². The molecule has 2 N–H and O–H groups in total. The van der Waals surface area contributed by atoms with Gasteiger partial charge in [-0.25, -0.2) is 0 Å². The van der Waals surface area contributed by atoms with Crippen LogP contribution in [0.4, 0.5) is 0 Å². The number of thiocarbonyl (C=S) groups is 1. The lowest BCUT2D eigenvalue weighted by molar-refractivity contribution is 0.107. The Morgan fingerprint density at radius 3 is 2.50 bits per heavy atom. The fourth-order valence-electron chi connectivity index (χ4n) is 2.29. The Labute approximate surface area is 109 Å². The van der Waals surface area contributed by atoms with Gasteiger partial charge in [0.25, 0.3) is 0 Å². The molecule has 4 heteroatoms. The van der Waals surface area contributed by atoms with E-state index < -0.39 is 0 Å². The zero-order chi connectivity index (χ0) is 12.7. The number of carbonyl (C=O) groups excluding carboxylic acids is 1. The number of aliphatic imine (C=N–C) groups is 1. The lowest BCUT2D eigenvalue weighted by Gasteiger charge is -1.99. The Balaban J connectivity index is 2.26. The summed E-state index contributed by atoms with van der Waals surface area (Å²) in [4.78, 5) is 16.8. The highest BCUT2D eigenvalue weighted by molar-refractivity contribution is 7.80. The molecule has 0 atom stereocenters. The van der Waals surface area contributed by atoms with E-state index in [0.29, 0.717) is 16.3 Å². The zero-order valence-electron chi connectivity index (χ0n) is 9.51. The molecule has 1 aliphatic rings. The van der Waals surface area contributed by atoms with Gasteiger partial charge in [0.1, 0.15) is 5.71 Å². The first-order valence-corrected chi connectivity index (χ1v) is 5.99. The Bertz CT molecular complexity index is 714. The number of carbonyl (C=O) groups is 1. The molecule has 1 aliphatic carbocycles. The van der Waals surface area contributed by atoms with Crippen molar-refractivity contribution < 1.29 is 4.79 Å². The molecule has 0 bridgehead atoms. The fourth-order valence-corrected chi connectivity index (χ4v) is 2.36. The standard InChI is InChI=1S/C14H10N2OS/c15-11(18)7-16-13-9-5-1-3-8-4-2-6-10(12(8)9)14(13)17/h1-6H,7H2,(H2,15,18). The van der Waals surface area contributed by atoms with E-state index in [4.69, 9.17) is 18.0 Å². The quantitative estimate of drug-likeness (QED) is 0.835. The van der Waals surface area contributed by atoms with E-state index in [1.54, 1.807) is 0 Å². The van der Waals surface area contributed by atoms with Crippen molar-refractivity contribution in [3.05, 3.63) is 47.5 Å². The topological polar surface area (TPSA) is 55.4 Å². The molecule has 0 spiro atoms. The van der Waals surface area contributed by atoms with Gasteiger partial charge in [-0.15, -0.1) is 0 Å². The molecule has 0 heterocycles.